The van der Waals surface area contributed by atoms with Gasteiger partial charge >= 0.3 is 11.9 Å². The minimum atomic E-state index is -0.857. The van der Waals surface area contributed by atoms with E-state index in [1.165, 1.54) is 13.2 Å². The van der Waals surface area contributed by atoms with Crippen LogP contribution in [0, 0.1) is 13.8 Å². The molecule has 1 aliphatic heterocycles. The van der Waals surface area contributed by atoms with Gasteiger partial charge in [-0.25, -0.2) is 9.59 Å². The van der Waals surface area contributed by atoms with Crippen molar-refractivity contribution in [2.45, 2.75) is 33.0 Å². The maximum Gasteiger partial charge on any atom is 0.347 e. The first kappa shape index (κ1) is 17.8. The molecule has 1 aromatic carbocycles. The molecule has 8 heteroatoms. The standard InChI is InChI=1S/C18H19NO7/c1-10-13(11(2)26-19-10)9-24-14-5-4-12(8-16(14)22-3)17(20)25-15-6-7-23-18(15)21/h4-5,8,15H,6-7,9H2,1-3H3. The first-order chi connectivity index (χ1) is 12.5. The lowest BCUT2D eigenvalue weighted by Crippen LogP contribution is -2.22. The van der Waals surface area contributed by atoms with Gasteiger partial charge in [0.15, 0.2) is 11.5 Å². The van der Waals surface area contributed by atoms with Crippen LogP contribution in [0.5, 0.6) is 11.5 Å². The summed E-state index contributed by atoms with van der Waals surface area (Å²) >= 11 is 0. The summed E-state index contributed by atoms with van der Waals surface area (Å²) in [6, 6.07) is 4.67. The average molecular weight is 361 g/mol. The highest BCUT2D eigenvalue weighted by atomic mass is 16.6. The number of methoxy groups -OCH3 is 1. The topological polar surface area (TPSA) is 97.1 Å². The van der Waals surface area contributed by atoms with Crippen molar-refractivity contribution < 1.29 is 33.1 Å². The SMILES string of the molecule is COc1cc(C(=O)OC2CCOC2=O)ccc1OCc1c(C)noc1C. The lowest BCUT2D eigenvalue weighted by Gasteiger charge is -2.13. The molecule has 0 radical (unpaired) electrons. The minimum absolute atomic E-state index is 0.256. The van der Waals surface area contributed by atoms with Crippen LogP contribution in [-0.2, 0) is 20.9 Å². The van der Waals surface area contributed by atoms with Crippen molar-refractivity contribution in [2.75, 3.05) is 13.7 Å². The van der Waals surface area contributed by atoms with Crippen LogP contribution in [0.1, 0.15) is 33.8 Å². The highest BCUT2D eigenvalue weighted by Gasteiger charge is 2.30. The molecule has 0 aliphatic carbocycles. The predicted octanol–water partition coefficient (Wildman–Crippen LogP) is 2.35. The molecule has 1 unspecified atom stereocenters. The van der Waals surface area contributed by atoms with Crippen molar-refractivity contribution in [1.82, 2.24) is 5.16 Å². The molecule has 1 atom stereocenters. The molecule has 2 aromatic rings. The van der Waals surface area contributed by atoms with E-state index in [4.69, 9.17) is 23.5 Å². The highest BCUT2D eigenvalue weighted by molar-refractivity contribution is 5.92. The molecular formula is C18H19NO7. The largest absolute Gasteiger partial charge is 0.493 e. The molecule has 0 bridgehead atoms. The van der Waals surface area contributed by atoms with Crippen molar-refractivity contribution in [1.29, 1.82) is 0 Å². The third-order valence-electron chi connectivity index (χ3n) is 4.09. The summed E-state index contributed by atoms with van der Waals surface area (Å²) in [5.74, 6) is 0.379. The summed E-state index contributed by atoms with van der Waals surface area (Å²) in [4.78, 5) is 23.6. The molecule has 3 rings (SSSR count). The summed E-state index contributed by atoms with van der Waals surface area (Å²) in [6.45, 7) is 4.16. The second kappa shape index (κ2) is 7.47. The van der Waals surface area contributed by atoms with Crippen molar-refractivity contribution in [3.63, 3.8) is 0 Å². The van der Waals surface area contributed by atoms with E-state index < -0.39 is 18.0 Å². The van der Waals surface area contributed by atoms with Gasteiger partial charge in [-0.15, -0.1) is 0 Å². The van der Waals surface area contributed by atoms with Crippen LogP contribution < -0.4 is 9.47 Å². The Kier molecular flexibility index (Phi) is 5.11. The smallest absolute Gasteiger partial charge is 0.347 e. The van der Waals surface area contributed by atoms with Crippen LogP contribution in [0.4, 0.5) is 0 Å². The van der Waals surface area contributed by atoms with E-state index >= 15 is 0 Å². The molecule has 1 aliphatic rings. The first-order valence-corrected chi connectivity index (χ1v) is 8.09. The zero-order chi connectivity index (χ0) is 18.7. The van der Waals surface area contributed by atoms with E-state index in [-0.39, 0.29) is 18.8 Å². The monoisotopic (exact) mass is 361 g/mol. The number of aryl methyl sites for hydroxylation is 2. The zero-order valence-corrected chi connectivity index (χ0v) is 14.7. The Morgan fingerprint density at radius 3 is 2.73 bits per heavy atom. The zero-order valence-electron chi connectivity index (χ0n) is 14.7. The van der Waals surface area contributed by atoms with Gasteiger partial charge in [-0.05, 0) is 32.0 Å². The lowest BCUT2D eigenvalue weighted by atomic mass is 10.2. The summed E-state index contributed by atoms with van der Waals surface area (Å²) < 4.78 is 26.1. The fourth-order valence-electron chi connectivity index (χ4n) is 2.55. The van der Waals surface area contributed by atoms with Crippen molar-refractivity contribution in [2.24, 2.45) is 0 Å². The van der Waals surface area contributed by atoms with E-state index in [0.29, 0.717) is 23.7 Å². The van der Waals surface area contributed by atoms with Crippen LogP contribution in [0.25, 0.3) is 0 Å². The second-order valence-electron chi connectivity index (χ2n) is 5.81. The molecule has 0 spiro atoms. The molecule has 26 heavy (non-hydrogen) atoms. The Hall–Kier alpha value is -3.03. The second-order valence-corrected chi connectivity index (χ2v) is 5.81. The van der Waals surface area contributed by atoms with E-state index in [2.05, 4.69) is 5.16 Å². The fourth-order valence-corrected chi connectivity index (χ4v) is 2.55. The Labute approximate surface area is 150 Å². The number of hydrogen-bond donors (Lipinski definition) is 0. The first-order valence-electron chi connectivity index (χ1n) is 8.09. The highest BCUT2D eigenvalue weighted by Crippen LogP contribution is 2.30. The number of hydrogen-bond acceptors (Lipinski definition) is 8. The summed E-state index contributed by atoms with van der Waals surface area (Å²) in [5, 5.41) is 3.88. The molecule has 0 N–H and O–H groups in total. The molecule has 2 heterocycles. The van der Waals surface area contributed by atoms with Crippen LogP contribution in [0.2, 0.25) is 0 Å². The Morgan fingerprint density at radius 1 is 1.31 bits per heavy atom. The number of aromatic nitrogens is 1. The van der Waals surface area contributed by atoms with Crippen LogP contribution >= 0.6 is 0 Å². The van der Waals surface area contributed by atoms with Crippen LogP contribution in [0.15, 0.2) is 22.7 Å². The number of carbonyl (C=O) groups is 2. The van der Waals surface area contributed by atoms with Gasteiger partial charge < -0.3 is 23.5 Å². The Bertz CT molecular complexity index is 807. The minimum Gasteiger partial charge on any atom is -0.493 e. The molecule has 1 saturated heterocycles. The number of nitrogens with zero attached hydrogens (tertiary/aromatic N) is 1. The van der Waals surface area contributed by atoms with Gasteiger partial charge in [-0.1, -0.05) is 5.16 Å². The lowest BCUT2D eigenvalue weighted by molar-refractivity contribution is -0.145. The average Bonchev–Trinajstić information content (AvgIpc) is 3.18. The van der Waals surface area contributed by atoms with Gasteiger partial charge in [0.2, 0.25) is 6.10 Å². The van der Waals surface area contributed by atoms with Crippen LogP contribution in [-0.4, -0.2) is 36.9 Å². The summed E-state index contributed by atoms with van der Waals surface area (Å²) in [7, 11) is 1.47. The Balaban J connectivity index is 1.71. The van der Waals surface area contributed by atoms with Gasteiger partial charge in [0, 0.05) is 6.42 Å². The summed E-state index contributed by atoms with van der Waals surface area (Å²) in [5.41, 5.74) is 1.87. The molecule has 0 saturated carbocycles. The van der Waals surface area contributed by atoms with Crippen molar-refractivity contribution in [3.8, 4) is 11.5 Å². The number of cyclic esters (lactones) is 1. The van der Waals surface area contributed by atoms with Gasteiger partial charge in [0.25, 0.3) is 0 Å². The quantitative estimate of drug-likeness (QED) is 0.723. The molecule has 8 nitrogen and oxygen atoms in total. The maximum atomic E-state index is 12.2. The third-order valence-corrected chi connectivity index (χ3v) is 4.09. The number of ether oxygens (including phenoxy) is 4. The van der Waals surface area contributed by atoms with Gasteiger partial charge in [-0.2, -0.15) is 0 Å². The number of esters is 2. The van der Waals surface area contributed by atoms with Gasteiger partial charge in [0.05, 0.1) is 30.5 Å². The van der Waals surface area contributed by atoms with E-state index in [0.717, 1.165) is 11.3 Å². The number of rotatable bonds is 6. The molecule has 1 fully saturated rings. The maximum absolute atomic E-state index is 12.2. The van der Waals surface area contributed by atoms with Crippen molar-refractivity contribution >= 4 is 11.9 Å². The third kappa shape index (κ3) is 3.63. The van der Waals surface area contributed by atoms with E-state index in [9.17, 15) is 9.59 Å². The molecule has 0 amide bonds. The van der Waals surface area contributed by atoms with E-state index in [1.54, 1.807) is 12.1 Å². The molecule has 138 valence electrons. The molecule has 1 aromatic heterocycles. The number of benzene rings is 1. The van der Waals surface area contributed by atoms with Gasteiger partial charge in [0.1, 0.15) is 12.4 Å². The Morgan fingerprint density at radius 2 is 2.12 bits per heavy atom. The summed E-state index contributed by atoms with van der Waals surface area (Å²) in [6.07, 6.45) is -0.496. The molecular weight excluding hydrogens is 342 g/mol. The predicted molar refractivity (Wildman–Crippen MR) is 88.1 cm³/mol. The fraction of sp³-hybridized carbons (Fsp3) is 0.389. The van der Waals surface area contributed by atoms with Crippen molar-refractivity contribution in [3.05, 3.63) is 40.8 Å². The van der Waals surface area contributed by atoms with E-state index in [1.807, 2.05) is 13.8 Å². The van der Waals surface area contributed by atoms with Gasteiger partial charge in [-0.3, -0.25) is 0 Å². The van der Waals surface area contributed by atoms with Crippen LogP contribution in [0.3, 0.4) is 0 Å². The number of carbonyl (C=O) groups excluding carboxylic acids is 2. The normalized spacial score (nSPS) is 16.3.